The minimum Gasteiger partial charge on any atom is -0.386 e. The molecule has 0 spiro atoms. The number of halogens is 1. The number of nitrogens with zero attached hydrogens (tertiary/aromatic N) is 1. The Bertz CT molecular complexity index is 392. The van der Waals surface area contributed by atoms with Gasteiger partial charge in [-0.3, -0.25) is 0 Å². The van der Waals surface area contributed by atoms with Crippen molar-refractivity contribution >= 4 is 22.9 Å². The van der Waals surface area contributed by atoms with Crippen LogP contribution in [0.25, 0.3) is 0 Å². The number of ether oxygens (including phenoxy) is 1. The monoisotopic (exact) mass is 243 g/mol. The fourth-order valence-corrected chi connectivity index (χ4v) is 2.87. The SMILES string of the molecule is N#CC1(C(O)c2cc(Cl)cs2)CCOC1. The second-order valence-electron chi connectivity index (χ2n) is 3.64. The van der Waals surface area contributed by atoms with Gasteiger partial charge in [0.25, 0.3) is 0 Å². The van der Waals surface area contributed by atoms with Gasteiger partial charge in [0.05, 0.1) is 17.7 Å². The van der Waals surface area contributed by atoms with Crippen molar-refractivity contribution in [1.82, 2.24) is 0 Å². The van der Waals surface area contributed by atoms with Crippen molar-refractivity contribution in [2.45, 2.75) is 12.5 Å². The Balaban J connectivity index is 2.26. The van der Waals surface area contributed by atoms with E-state index in [0.29, 0.717) is 24.7 Å². The lowest BCUT2D eigenvalue weighted by molar-refractivity contribution is 0.0530. The van der Waals surface area contributed by atoms with Crippen LogP contribution >= 0.6 is 22.9 Å². The quantitative estimate of drug-likeness (QED) is 0.868. The van der Waals surface area contributed by atoms with Crippen molar-refractivity contribution in [1.29, 1.82) is 5.26 Å². The van der Waals surface area contributed by atoms with Gasteiger partial charge in [-0.15, -0.1) is 11.3 Å². The molecule has 0 radical (unpaired) electrons. The molecule has 3 nitrogen and oxygen atoms in total. The van der Waals surface area contributed by atoms with Crippen LogP contribution in [0.5, 0.6) is 0 Å². The third-order valence-corrected chi connectivity index (χ3v) is 3.99. The molecule has 0 amide bonds. The molecule has 1 aromatic heterocycles. The van der Waals surface area contributed by atoms with Crippen LogP contribution in [0.4, 0.5) is 0 Å². The Labute approximate surface area is 96.9 Å². The van der Waals surface area contributed by atoms with Gasteiger partial charge in [0.15, 0.2) is 0 Å². The summed E-state index contributed by atoms with van der Waals surface area (Å²) in [4.78, 5) is 0.729. The van der Waals surface area contributed by atoms with Crippen LogP contribution in [-0.4, -0.2) is 18.3 Å². The molecule has 1 saturated heterocycles. The molecule has 1 N–H and O–H groups in total. The number of aliphatic hydroxyl groups excluding tert-OH is 1. The van der Waals surface area contributed by atoms with Gasteiger partial charge in [0.1, 0.15) is 11.5 Å². The summed E-state index contributed by atoms with van der Waals surface area (Å²) >= 11 is 7.15. The van der Waals surface area contributed by atoms with Crippen LogP contribution < -0.4 is 0 Å². The summed E-state index contributed by atoms with van der Waals surface area (Å²) in [6.45, 7) is 0.823. The van der Waals surface area contributed by atoms with Gasteiger partial charge in [-0.25, -0.2) is 0 Å². The summed E-state index contributed by atoms with van der Waals surface area (Å²) in [6.07, 6.45) is -0.234. The van der Waals surface area contributed by atoms with Crippen molar-refractivity contribution < 1.29 is 9.84 Å². The van der Waals surface area contributed by atoms with Crippen molar-refractivity contribution in [3.05, 3.63) is 21.3 Å². The van der Waals surface area contributed by atoms with Crippen LogP contribution in [0.15, 0.2) is 11.4 Å². The molecule has 2 unspecified atom stereocenters. The molecule has 1 aliphatic heterocycles. The summed E-state index contributed by atoms with van der Waals surface area (Å²) in [5, 5.41) is 21.6. The number of rotatable bonds is 2. The van der Waals surface area contributed by atoms with Crippen LogP contribution in [0, 0.1) is 16.7 Å². The molecule has 1 aromatic rings. The van der Waals surface area contributed by atoms with E-state index in [4.69, 9.17) is 21.6 Å². The first-order valence-electron chi connectivity index (χ1n) is 4.59. The molecule has 0 aliphatic carbocycles. The lowest BCUT2D eigenvalue weighted by Gasteiger charge is -2.24. The van der Waals surface area contributed by atoms with Gasteiger partial charge in [-0.2, -0.15) is 5.26 Å². The Morgan fingerprint density at radius 2 is 2.53 bits per heavy atom. The van der Waals surface area contributed by atoms with Gasteiger partial charge in [-0.05, 0) is 12.5 Å². The zero-order valence-corrected chi connectivity index (χ0v) is 9.51. The highest BCUT2D eigenvalue weighted by Gasteiger charge is 2.43. The molecule has 1 aliphatic rings. The highest BCUT2D eigenvalue weighted by Crippen LogP contribution is 2.42. The molecule has 0 aromatic carbocycles. The fraction of sp³-hybridized carbons (Fsp3) is 0.500. The molecular formula is C10H10ClNO2S. The van der Waals surface area contributed by atoms with Gasteiger partial charge in [-0.1, -0.05) is 11.6 Å². The number of hydrogen-bond acceptors (Lipinski definition) is 4. The Morgan fingerprint density at radius 1 is 1.73 bits per heavy atom. The summed E-state index contributed by atoms with van der Waals surface area (Å²) < 4.78 is 5.19. The Morgan fingerprint density at radius 3 is 3.00 bits per heavy atom. The van der Waals surface area contributed by atoms with Crippen LogP contribution in [0.1, 0.15) is 17.4 Å². The third kappa shape index (κ3) is 1.88. The maximum atomic E-state index is 10.1. The standard InChI is InChI=1S/C10H10ClNO2S/c11-7-3-8(15-4-7)9(13)10(5-12)1-2-14-6-10/h3-4,9,13H,1-2,6H2. The van der Waals surface area contributed by atoms with E-state index >= 15 is 0 Å². The summed E-state index contributed by atoms with van der Waals surface area (Å²) in [5.41, 5.74) is -0.797. The van der Waals surface area contributed by atoms with E-state index in [1.807, 2.05) is 0 Å². The van der Waals surface area contributed by atoms with E-state index in [2.05, 4.69) is 6.07 Å². The second-order valence-corrected chi connectivity index (χ2v) is 5.02. The van der Waals surface area contributed by atoms with E-state index in [1.54, 1.807) is 11.4 Å². The molecule has 0 bridgehead atoms. The van der Waals surface area contributed by atoms with E-state index in [-0.39, 0.29) is 0 Å². The minimum absolute atomic E-state index is 0.292. The summed E-state index contributed by atoms with van der Waals surface area (Å²) in [5.74, 6) is 0. The molecule has 1 fully saturated rings. The average molecular weight is 244 g/mol. The molecule has 2 atom stereocenters. The lowest BCUT2D eigenvalue weighted by Crippen LogP contribution is -2.27. The van der Waals surface area contributed by atoms with Crippen LogP contribution in [0.3, 0.4) is 0 Å². The maximum absolute atomic E-state index is 10.1. The van der Waals surface area contributed by atoms with Crippen LogP contribution in [0.2, 0.25) is 5.02 Å². The van der Waals surface area contributed by atoms with Crippen molar-refractivity contribution in [2.24, 2.45) is 5.41 Å². The first-order valence-corrected chi connectivity index (χ1v) is 5.85. The zero-order valence-electron chi connectivity index (χ0n) is 7.94. The lowest BCUT2D eigenvalue weighted by atomic mass is 9.82. The van der Waals surface area contributed by atoms with Crippen molar-refractivity contribution in [3.63, 3.8) is 0 Å². The largest absolute Gasteiger partial charge is 0.386 e. The maximum Gasteiger partial charge on any atom is 0.113 e. The predicted octanol–water partition coefficient (Wildman–Crippen LogP) is 2.37. The molecular weight excluding hydrogens is 234 g/mol. The van der Waals surface area contributed by atoms with E-state index in [0.717, 1.165) is 4.88 Å². The normalized spacial score (nSPS) is 27.5. The Kier molecular flexibility index (Phi) is 2.98. The van der Waals surface area contributed by atoms with Gasteiger partial charge < -0.3 is 9.84 Å². The minimum atomic E-state index is -0.803. The smallest absolute Gasteiger partial charge is 0.113 e. The molecule has 15 heavy (non-hydrogen) atoms. The zero-order chi connectivity index (χ0) is 10.9. The van der Waals surface area contributed by atoms with Gasteiger partial charge in [0.2, 0.25) is 0 Å². The van der Waals surface area contributed by atoms with Crippen molar-refractivity contribution in [3.8, 4) is 6.07 Å². The van der Waals surface area contributed by atoms with Crippen molar-refractivity contribution in [2.75, 3.05) is 13.2 Å². The highest BCUT2D eigenvalue weighted by atomic mass is 35.5. The first kappa shape index (κ1) is 10.9. The van der Waals surface area contributed by atoms with Gasteiger partial charge in [0, 0.05) is 16.9 Å². The number of hydrogen-bond donors (Lipinski definition) is 1. The molecule has 5 heteroatoms. The number of thiophene rings is 1. The molecule has 80 valence electrons. The number of aliphatic hydroxyl groups is 1. The second kappa shape index (κ2) is 4.11. The summed E-state index contributed by atoms with van der Waals surface area (Å²) in [6, 6.07) is 3.88. The molecule has 2 heterocycles. The first-order chi connectivity index (χ1) is 7.18. The van der Waals surface area contributed by atoms with E-state index in [9.17, 15) is 5.11 Å². The third-order valence-electron chi connectivity index (χ3n) is 2.66. The predicted molar refractivity (Wildman–Crippen MR) is 57.8 cm³/mol. The Hall–Kier alpha value is -0.600. The molecule has 0 saturated carbocycles. The summed E-state index contributed by atoms with van der Waals surface area (Å²) in [7, 11) is 0. The average Bonchev–Trinajstić information content (AvgIpc) is 2.86. The van der Waals surface area contributed by atoms with E-state index in [1.165, 1.54) is 11.3 Å². The van der Waals surface area contributed by atoms with Crippen LogP contribution in [-0.2, 0) is 4.74 Å². The number of nitriles is 1. The fourth-order valence-electron chi connectivity index (χ4n) is 1.69. The topological polar surface area (TPSA) is 53.2 Å². The van der Waals surface area contributed by atoms with E-state index < -0.39 is 11.5 Å². The highest BCUT2D eigenvalue weighted by molar-refractivity contribution is 7.10. The molecule has 2 rings (SSSR count). The van der Waals surface area contributed by atoms with Gasteiger partial charge >= 0.3 is 0 Å².